The number of halogens is 1. The molecule has 29 heavy (non-hydrogen) atoms. The van der Waals surface area contributed by atoms with Gasteiger partial charge in [-0.2, -0.15) is 5.10 Å². The molecule has 8 heteroatoms. The van der Waals surface area contributed by atoms with Gasteiger partial charge < -0.3 is 4.74 Å². The van der Waals surface area contributed by atoms with E-state index in [0.29, 0.717) is 23.0 Å². The van der Waals surface area contributed by atoms with E-state index in [-0.39, 0.29) is 10.6 Å². The number of hydrogen-bond donors (Lipinski definition) is 1. The first-order valence-corrected chi connectivity index (χ1v) is 10.9. The van der Waals surface area contributed by atoms with Crippen LogP contribution in [0.2, 0.25) is 5.02 Å². The molecule has 0 saturated heterocycles. The van der Waals surface area contributed by atoms with Crippen LogP contribution in [0.4, 0.5) is 5.69 Å². The van der Waals surface area contributed by atoms with Gasteiger partial charge in [0.05, 0.1) is 25.0 Å². The molecular formula is C21H24ClN3O3S. The Kier molecular flexibility index (Phi) is 5.91. The van der Waals surface area contributed by atoms with Crippen molar-refractivity contribution >= 4 is 27.3 Å². The van der Waals surface area contributed by atoms with E-state index >= 15 is 0 Å². The summed E-state index contributed by atoms with van der Waals surface area (Å²) in [6.45, 7) is 6.27. The number of hydrogen-bond acceptors (Lipinski definition) is 4. The van der Waals surface area contributed by atoms with Crippen molar-refractivity contribution in [2.75, 3.05) is 11.8 Å². The molecule has 0 fully saturated rings. The fourth-order valence-electron chi connectivity index (χ4n) is 2.93. The average Bonchev–Trinajstić information content (AvgIpc) is 3.08. The molecule has 0 saturated carbocycles. The lowest BCUT2D eigenvalue weighted by Crippen LogP contribution is -2.20. The maximum Gasteiger partial charge on any atom is 0.265 e. The predicted molar refractivity (Wildman–Crippen MR) is 115 cm³/mol. The van der Waals surface area contributed by atoms with Crippen molar-refractivity contribution in [3.05, 3.63) is 71.0 Å². The largest absolute Gasteiger partial charge is 0.495 e. The van der Waals surface area contributed by atoms with Crippen molar-refractivity contribution < 1.29 is 13.2 Å². The van der Waals surface area contributed by atoms with Gasteiger partial charge in [0.15, 0.2) is 0 Å². The van der Waals surface area contributed by atoms with Crippen LogP contribution in [0.5, 0.6) is 5.75 Å². The minimum absolute atomic E-state index is 0.128. The highest BCUT2D eigenvalue weighted by atomic mass is 35.5. The summed E-state index contributed by atoms with van der Waals surface area (Å²) in [5.74, 6) is 0.381. The third-order valence-electron chi connectivity index (χ3n) is 4.32. The van der Waals surface area contributed by atoms with Crippen LogP contribution in [0.25, 0.3) is 0 Å². The lowest BCUT2D eigenvalue weighted by molar-refractivity contribution is 0.417. The van der Waals surface area contributed by atoms with Gasteiger partial charge in [0.25, 0.3) is 10.0 Å². The van der Waals surface area contributed by atoms with Gasteiger partial charge in [-0.05, 0) is 23.8 Å². The molecule has 0 spiro atoms. The number of methoxy groups -OCH3 is 1. The van der Waals surface area contributed by atoms with E-state index < -0.39 is 15.4 Å². The molecule has 1 heterocycles. The number of sulfonamides is 1. The second-order valence-corrected chi connectivity index (χ2v) is 9.81. The summed E-state index contributed by atoms with van der Waals surface area (Å²) < 4.78 is 36.0. The first kappa shape index (κ1) is 21.2. The molecule has 2 aromatic carbocycles. The summed E-state index contributed by atoms with van der Waals surface area (Å²) in [5.41, 5.74) is 1.33. The molecule has 1 N–H and O–H groups in total. The minimum atomic E-state index is -3.92. The molecule has 0 bridgehead atoms. The van der Waals surface area contributed by atoms with Crippen molar-refractivity contribution in [1.82, 2.24) is 9.78 Å². The Hall–Kier alpha value is -2.51. The van der Waals surface area contributed by atoms with E-state index in [0.717, 1.165) is 5.56 Å². The standard InChI is InChI=1S/C21H24ClN3O3S/c1-21(2,3)20-19(14-25(23-20)13-15-8-6-5-7-9-15)29(26,27)24-17-12-16(22)10-11-18(17)28-4/h5-12,14,24H,13H2,1-4H3. The zero-order valence-electron chi connectivity index (χ0n) is 16.8. The molecule has 1 aromatic heterocycles. The Balaban J connectivity index is 2.03. The number of ether oxygens (including phenoxy) is 1. The molecule has 3 rings (SSSR count). The van der Waals surface area contributed by atoms with Gasteiger partial charge in [0.1, 0.15) is 10.6 Å². The van der Waals surface area contributed by atoms with Crippen LogP contribution >= 0.6 is 11.6 Å². The van der Waals surface area contributed by atoms with Crippen LogP contribution < -0.4 is 9.46 Å². The average molecular weight is 434 g/mol. The van der Waals surface area contributed by atoms with Crippen LogP contribution in [-0.4, -0.2) is 25.3 Å². The highest BCUT2D eigenvalue weighted by Crippen LogP contribution is 2.33. The lowest BCUT2D eigenvalue weighted by Gasteiger charge is -2.18. The SMILES string of the molecule is COc1ccc(Cl)cc1NS(=O)(=O)c1cn(Cc2ccccc2)nc1C(C)(C)C. The fraction of sp³-hybridized carbons (Fsp3) is 0.286. The van der Waals surface area contributed by atoms with E-state index in [4.69, 9.17) is 16.3 Å². The summed E-state index contributed by atoms with van der Waals surface area (Å²) in [7, 11) is -2.45. The number of nitrogens with one attached hydrogen (secondary N) is 1. The summed E-state index contributed by atoms with van der Waals surface area (Å²) in [6.07, 6.45) is 1.56. The molecule has 0 aliphatic rings. The molecule has 0 aliphatic heterocycles. The molecule has 0 atom stereocenters. The summed E-state index contributed by atoms with van der Waals surface area (Å²) in [4.78, 5) is 0.128. The van der Waals surface area contributed by atoms with E-state index in [9.17, 15) is 8.42 Å². The Morgan fingerprint density at radius 3 is 2.45 bits per heavy atom. The van der Waals surface area contributed by atoms with E-state index in [1.807, 2.05) is 51.1 Å². The maximum atomic E-state index is 13.3. The molecule has 0 aliphatic carbocycles. The highest BCUT2D eigenvalue weighted by molar-refractivity contribution is 7.92. The van der Waals surface area contributed by atoms with Crippen molar-refractivity contribution in [1.29, 1.82) is 0 Å². The Morgan fingerprint density at radius 2 is 1.83 bits per heavy atom. The number of nitrogens with zero attached hydrogens (tertiary/aromatic N) is 2. The number of benzene rings is 2. The third-order valence-corrected chi connectivity index (χ3v) is 5.92. The van der Waals surface area contributed by atoms with Crippen LogP contribution in [0.3, 0.4) is 0 Å². The van der Waals surface area contributed by atoms with Gasteiger partial charge in [0.2, 0.25) is 0 Å². The number of anilines is 1. The monoisotopic (exact) mass is 433 g/mol. The normalized spacial score (nSPS) is 12.0. The van der Waals surface area contributed by atoms with Crippen molar-refractivity contribution in [2.45, 2.75) is 37.6 Å². The van der Waals surface area contributed by atoms with Crippen molar-refractivity contribution in [2.24, 2.45) is 0 Å². The van der Waals surface area contributed by atoms with Gasteiger partial charge >= 0.3 is 0 Å². The summed E-state index contributed by atoms with van der Waals surface area (Å²) >= 11 is 6.04. The van der Waals surface area contributed by atoms with E-state index in [1.54, 1.807) is 23.0 Å². The quantitative estimate of drug-likeness (QED) is 0.611. The predicted octanol–water partition coefficient (Wildman–Crippen LogP) is 4.69. The number of rotatable bonds is 6. The first-order chi connectivity index (χ1) is 13.6. The zero-order chi connectivity index (χ0) is 21.2. The molecule has 154 valence electrons. The molecule has 0 unspecified atom stereocenters. The lowest BCUT2D eigenvalue weighted by atomic mass is 9.92. The molecule has 0 radical (unpaired) electrons. The van der Waals surface area contributed by atoms with Crippen LogP contribution in [0.15, 0.2) is 59.6 Å². The van der Waals surface area contributed by atoms with Crippen LogP contribution in [0, 0.1) is 0 Å². The third kappa shape index (κ3) is 4.92. The van der Waals surface area contributed by atoms with Crippen molar-refractivity contribution in [3.63, 3.8) is 0 Å². The molecule has 3 aromatic rings. The fourth-order valence-corrected chi connectivity index (χ4v) is 4.52. The van der Waals surface area contributed by atoms with E-state index in [2.05, 4.69) is 9.82 Å². The number of aromatic nitrogens is 2. The Bertz CT molecular complexity index is 1100. The second-order valence-electron chi connectivity index (χ2n) is 7.73. The van der Waals surface area contributed by atoms with Crippen LogP contribution in [-0.2, 0) is 22.0 Å². The van der Waals surface area contributed by atoms with Crippen LogP contribution in [0.1, 0.15) is 32.0 Å². The van der Waals surface area contributed by atoms with Gasteiger partial charge in [-0.3, -0.25) is 9.40 Å². The summed E-state index contributed by atoms with van der Waals surface area (Å²) in [6, 6.07) is 14.5. The minimum Gasteiger partial charge on any atom is -0.495 e. The van der Waals surface area contributed by atoms with Gasteiger partial charge in [-0.1, -0.05) is 62.7 Å². The molecule has 0 amide bonds. The first-order valence-electron chi connectivity index (χ1n) is 9.08. The highest BCUT2D eigenvalue weighted by Gasteiger charge is 2.30. The summed E-state index contributed by atoms with van der Waals surface area (Å²) in [5, 5.41) is 4.99. The van der Waals surface area contributed by atoms with Gasteiger partial charge in [-0.25, -0.2) is 8.42 Å². The Morgan fingerprint density at radius 1 is 1.14 bits per heavy atom. The Labute approximate surface area is 176 Å². The van der Waals surface area contributed by atoms with Crippen molar-refractivity contribution in [3.8, 4) is 5.75 Å². The smallest absolute Gasteiger partial charge is 0.265 e. The van der Waals surface area contributed by atoms with Gasteiger partial charge in [-0.15, -0.1) is 0 Å². The molecule has 6 nitrogen and oxygen atoms in total. The van der Waals surface area contributed by atoms with Gasteiger partial charge in [0, 0.05) is 16.6 Å². The second kappa shape index (κ2) is 8.08. The zero-order valence-corrected chi connectivity index (χ0v) is 18.4. The maximum absolute atomic E-state index is 13.3. The topological polar surface area (TPSA) is 73.2 Å². The molecular weight excluding hydrogens is 410 g/mol. The van der Waals surface area contributed by atoms with E-state index in [1.165, 1.54) is 13.2 Å².